The Bertz CT molecular complexity index is 156. The quantitative estimate of drug-likeness (QED) is 0.722. The van der Waals surface area contributed by atoms with Crippen LogP contribution in [0.1, 0.15) is 40.0 Å². The molecule has 1 aliphatic carbocycles. The van der Waals surface area contributed by atoms with E-state index in [1.165, 1.54) is 12.8 Å². The Labute approximate surface area is 82.5 Å². The van der Waals surface area contributed by atoms with Gasteiger partial charge in [0.15, 0.2) is 0 Å². The molecule has 1 fully saturated rings. The number of rotatable bonds is 4. The zero-order valence-corrected chi connectivity index (χ0v) is 9.51. The summed E-state index contributed by atoms with van der Waals surface area (Å²) in [5.74, 6) is 0. The SMILES string of the molecule is CN(CCC(N)C(C)(C)C)C1CC1. The Morgan fingerprint density at radius 2 is 1.92 bits per heavy atom. The Morgan fingerprint density at radius 3 is 2.31 bits per heavy atom. The number of hydrogen-bond donors (Lipinski definition) is 1. The van der Waals surface area contributed by atoms with Gasteiger partial charge in [0.1, 0.15) is 0 Å². The Hall–Kier alpha value is -0.0800. The molecule has 2 N–H and O–H groups in total. The molecular formula is C11H24N2. The Morgan fingerprint density at radius 1 is 1.38 bits per heavy atom. The first-order valence-corrected chi connectivity index (χ1v) is 5.37. The summed E-state index contributed by atoms with van der Waals surface area (Å²) in [7, 11) is 2.22. The van der Waals surface area contributed by atoms with Crippen molar-refractivity contribution in [2.75, 3.05) is 13.6 Å². The van der Waals surface area contributed by atoms with Gasteiger partial charge in [0.05, 0.1) is 0 Å². The molecule has 1 atom stereocenters. The first kappa shape index (κ1) is 11.0. The van der Waals surface area contributed by atoms with Crippen LogP contribution in [0.4, 0.5) is 0 Å². The summed E-state index contributed by atoms with van der Waals surface area (Å²) in [6, 6.07) is 1.20. The lowest BCUT2D eigenvalue weighted by atomic mass is 9.85. The van der Waals surface area contributed by atoms with Crippen LogP contribution in [0.3, 0.4) is 0 Å². The first-order valence-electron chi connectivity index (χ1n) is 5.37. The maximum atomic E-state index is 6.09. The van der Waals surface area contributed by atoms with Gasteiger partial charge >= 0.3 is 0 Å². The Balaban J connectivity index is 2.17. The van der Waals surface area contributed by atoms with Crippen molar-refractivity contribution < 1.29 is 0 Å². The predicted octanol–water partition coefficient (Wildman–Crippen LogP) is 1.84. The molecule has 2 heteroatoms. The molecule has 2 nitrogen and oxygen atoms in total. The van der Waals surface area contributed by atoms with Crippen molar-refractivity contribution in [3.63, 3.8) is 0 Å². The lowest BCUT2D eigenvalue weighted by molar-refractivity contribution is 0.250. The van der Waals surface area contributed by atoms with Crippen LogP contribution in [-0.2, 0) is 0 Å². The standard InChI is InChI=1S/C11H24N2/c1-11(2,3)10(12)7-8-13(4)9-5-6-9/h9-10H,5-8,12H2,1-4H3. The van der Waals surface area contributed by atoms with Crippen LogP contribution in [0.5, 0.6) is 0 Å². The molecule has 0 spiro atoms. The third-order valence-electron chi connectivity index (χ3n) is 3.08. The molecule has 0 aromatic rings. The molecular weight excluding hydrogens is 160 g/mol. The molecule has 0 aromatic heterocycles. The summed E-state index contributed by atoms with van der Waals surface area (Å²) in [5.41, 5.74) is 6.35. The molecule has 13 heavy (non-hydrogen) atoms. The zero-order valence-electron chi connectivity index (χ0n) is 9.51. The summed E-state index contributed by atoms with van der Waals surface area (Å²) in [6.45, 7) is 7.81. The number of nitrogens with zero attached hydrogens (tertiary/aromatic N) is 1. The molecule has 0 amide bonds. The first-order chi connectivity index (χ1) is 5.91. The largest absolute Gasteiger partial charge is 0.327 e. The molecule has 0 aromatic carbocycles. The smallest absolute Gasteiger partial charge is 0.00998 e. The highest BCUT2D eigenvalue weighted by Crippen LogP contribution is 2.26. The Kier molecular flexibility index (Phi) is 3.36. The third-order valence-corrected chi connectivity index (χ3v) is 3.08. The monoisotopic (exact) mass is 184 g/mol. The summed E-state index contributed by atoms with van der Waals surface area (Å²) in [6.07, 6.45) is 3.90. The van der Waals surface area contributed by atoms with E-state index in [9.17, 15) is 0 Å². The zero-order chi connectivity index (χ0) is 10.1. The average molecular weight is 184 g/mol. The molecule has 1 aliphatic rings. The van der Waals surface area contributed by atoms with E-state index in [-0.39, 0.29) is 5.41 Å². The molecule has 1 saturated carbocycles. The molecule has 0 aliphatic heterocycles. The van der Waals surface area contributed by atoms with E-state index in [0.29, 0.717) is 6.04 Å². The number of hydrogen-bond acceptors (Lipinski definition) is 2. The minimum Gasteiger partial charge on any atom is -0.327 e. The topological polar surface area (TPSA) is 29.3 Å². The number of nitrogens with two attached hydrogens (primary N) is 1. The second-order valence-electron chi connectivity index (χ2n) is 5.47. The third kappa shape index (κ3) is 3.65. The van der Waals surface area contributed by atoms with Crippen molar-refractivity contribution in [2.24, 2.45) is 11.1 Å². The highest BCUT2D eigenvalue weighted by molar-refractivity contribution is 4.84. The van der Waals surface area contributed by atoms with Crippen LogP contribution in [0.2, 0.25) is 0 Å². The molecule has 1 rings (SSSR count). The van der Waals surface area contributed by atoms with Crippen LogP contribution in [-0.4, -0.2) is 30.6 Å². The second kappa shape index (κ2) is 3.97. The van der Waals surface area contributed by atoms with E-state index in [2.05, 4.69) is 32.7 Å². The summed E-state index contributed by atoms with van der Waals surface area (Å²) in [5, 5.41) is 0. The van der Waals surface area contributed by atoms with Gasteiger partial charge in [-0.2, -0.15) is 0 Å². The maximum absolute atomic E-state index is 6.09. The molecule has 0 radical (unpaired) electrons. The van der Waals surface area contributed by atoms with Gasteiger partial charge in [0.25, 0.3) is 0 Å². The van der Waals surface area contributed by atoms with E-state index < -0.39 is 0 Å². The molecule has 0 bridgehead atoms. The summed E-state index contributed by atoms with van der Waals surface area (Å²) >= 11 is 0. The fourth-order valence-corrected chi connectivity index (χ4v) is 1.47. The fourth-order valence-electron chi connectivity index (χ4n) is 1.47. The van der Waals surface area contributed by atoms with Crippen LogP contribution in [0.15, 0.2) is 0 Å². The van der Waals surface area contributed by atoms with Gasteiger partial charge in [-0.3, -0.25) is 0 Å². The van der Waals surface area contributed by atoms with E-state index in [4.69, 9.17) is 5.73 Å². The second-order valence-corrected chi connectivity index (χ2v) is 5.47. The van der Waals surface area contributed by atoms with Crippen molar-refractivity contribution in [1.29, 1.82) is 0 Å². The van der Waals surface area contributed by atoms with Crippen LogP contribution in [0, 0.1) is 5.41 Å². The van der Waals surface area contributed by atoms with Gasteiger partial charge < -0.3 is 10.6 Å². The highest BCUT2D eigenvalue weighted by atomic mass is 15.1. The van der Waals surface area contributed by atoms with Gasteiger partial charge in [-0.15, -0.1) is 0 Å². The molecule has 0 saturated heterocycles. The van der Waals surface area contributed by atoms with Gasteiger partial charge in [0.2, 0.25) is 0 Å². The van der Waals surface area contributed by atoms with E-state index in [1.54, 1.807) is 0 Å². The molecule has 1 unspecified atom stereocenters. The highest BCUT2D eigenvalue weighted by Gasteiger charge is 2.27. The van der Waals surface area contributed by atoms with Gasteiger partial charge in [-0.1, -0.05) is 20.8 Å². The van der Waals surface area contributed by atoms with Crippen molar-refractivity contribution >= 4 is 0 Å². The average Bonchev–Trinajstić information content (AvgIpc) is 2.79. The summed E-state index contributed by atoms with van der Waals surface area (Å²) < 4.78 is 0. The predicted molar refractivity (Wildman–Crippen MR) is 57.7 cm³/mol. The fraction of sp³-hybridized carbons (Fsp3) is 1.00. The van der Waals surface area contributed by atoms with E-state index in [1.807, 2.05) is 0 Å². The van der Waals surface area contributed by atoms with Crippen LogP contribution < -0.4 is 5.73 Å². The van der Waals surface area contributed by atoms with E-state index >= 15 is 0 Å². The van der Waals surface area contributed by atoms with Crippen LogP contribution >= 0.6 is 0 Å². The van der Waals surface area contributed by atoms with Crippen LogP contribution in [0.25, 0.3) is 0 Å². The summed E-state index contributed by atoms with van der Waals surface area (Å²) in [4.78, 5) is 2.45. The van der Waals surface area contributed by atoms with Crippen molar-refractivity contribution in [1.82, 2.24) is 4.90 Å². The van der Waals surface area contributed by atoms with Crippen molar-refractivity contribution in [3.8, 4) is 0 Å². The lowest BCUT2D eigenvalue weighted by Crippen LogP contribution is -2.38. The van der Waals surface area contributed by atoms with Crippen molar-refractivity contribution in [3.05, 3.63) is 0 Å². The normalized spacial score (nSPS) is 20.8. The lowest BCUT2D eigenvalue weighted by Gasteiger charge is -2.28. The molecule has 78 valence electrons. The minimum atomic E-state index is 0.254. The van der Waals surface area contributed by atoms with Crippen molar-refractivity contribution in [2.45, 2.75) is 52.1 Å². The van der Waals surface area contributed by atoms with E-state index in [0.717, 1.165) is 19.0 Å². The maximum Gasteiger partial charge on any atom is 0.00998 e. The minimum absolute atomic E-state index is 0.254. The van der Waals surface area contributed by atoms with Gasteiger partial charge in [-0.25, -0.2) is 0 Å². The molecule has 0 heterocycles. The van der Waals surface area contributed by atoms with Gasteiger partial charge in [-0.05, 0) is 38.3 Å². The van der Waals surface area contributed by atoms with Gasteiger partial charge in [0, 0.05) is 12.1 Å².